The molecule has 28 heavy (non-hydrogen) atoms. The van der Waals surface area contributed by atoms with Gasteiger partial charge in [0.1, 0.15) is 0 Å². The second-order valence-corrected chi connectivity index (χ2v) is 6.02. The third-order valence-corrected chi connectivity index (χ3v) is 3.91. The Labute approximate surface area is 160 Å². The molecule has 0 aliphatic heterocycles. The highest BCUT2D eigenvalue weighted by Crippen LogP contribution is 2.29. The van der Waals surface area contributed by atoms with Gasteiger partial charge >= 0.3 is 12.1 Å². The van der Waals surface area contributed by atoms with Crippen LogP contribution in [0.1, 0.15) is 24.3 Å². The lowest BCUT2D eigenvalue weighted by Gasteiger charge is -2.22. The minimum atomic E-state index is -4.68. The number of hydrogen-bond acceptors (Lipinski definition) is 6. The Morgan fingerprint density at radius 2 is 1.82 bits per heavy atom. The first-order chi connectivity index (χ1) is 13.3. The predicted octanol–water partition coefficient (Wildman–Crippen LogP) is 3.16. The van der Waals surface area contributed by atoms with Gasteiger partial charge in [-0.2, -0.15) is 18.2 Å². The van der Waals surface area contributed by atoms with E-state index in [1.54, 1.807) is 43.4 Å². The molecule has 0 spiro atoms. The van der Waals surface area contributed by atoms with Crippen LogP contribution in [0.3, 0.4) is 0 Å². The highest BCUT2D eigenvalue weighted by atomic mass is 19.4. The van der Waals surface area contributed by atoms with Gasteiger partial charge in [0.15, 0.2) is 0 Å². The third-order valence-electron chi connectivity index (χ3n) is 3.91. The quantitative estimate of drug-likeness (QED) is 0.569. The summed E-state index contributed by atoms with van der Waals surface area (Å²) >= 11 is 0. The number of rotatable bonds is 10. The number of aromatic nitrogens is 2. The van der Waals surface area contributed by atoms with E-state index < -0.39 is 12.1 Å². The number of benzene rings is 1. The second kappa shape index (κ2) is 10.2. The second-order valence-electron chi connectivity index (χ2n) is 6.02. The van der Waals surface area contributed by atoms with Crippen molar-refractivity contribution in [3.8, 4) is 11.4 Å². The van der Waals surface area contributed by atoms with E-state index in [1.807, 2.05) is 0 Å². The third kappa shape index (κ3) is 6.31. The number of amides is 1. The number of alkyl halides is 3. The van der Waals surface area contributed by atoms with Gasteiger partial charge in [0, 0.05) is 45.9 Å². The summed E-state index contributed by atoms with van der Waals surface area (Å²) in [6, 6.07) is 6.59. The molecule has 0 atom stereocenters. The summed E-state index contributed by atoms with van der Waals surface area (Å²) < 4.78 is 51.9. The summed E-state index contributed by atoms with van der Waals surface area (Å²) in [4.78, 5) is 17.4. The fourth-order valence-electron chi connectivity index (χ4n) is 2.45. The minimum Gasteiger partial charge on any atom is -0.385 e. The molecule has 0 aliphatic rings. The van der Waals surface area contributed by atoms with Gasteiger partial charge in [-0.15, -0.1) is 0 Å². The molecule has 2 aromatic rings. The fraction of sp³-hybridized carbons (Fsp3) is 0.500. The maximum Gasteiger partial charge on any atom is 0.471 e. The van der Waals surface area contributed by atoms with Crippen LogP contribution in [0.25, 0.3) is 11.4 Å². The highest BCUT2D eigenvalue weighted by Gasteiger charge is 2.38. The summed E-state index contributed by atoms with van der Waals surface area (Å²) in [6.45, 7) is 1.69. The molecular formula is C18H22F3N3O4. The van der Waals surface area contributed by atoms with Crippen molar-refractivity contribution in [2.45, 2.75) is 25.6 Å². The molecule has 10 heteroatoms. The van der Waals surface area contributed by atoms with Gasteiger partial charge in [-0.1, -0.05) is 29.4 Å². The van der Waals surface area contributed by atoms with Crippen molar-refractivity contribution in [3.63, 3.8) is 0 Å². The van der Waals surface area contributed by atoms with Gasteiger partial charge in [0.05, 0.1) is 6.61 Å². The van der Waals surface area contributed by atoms with Crippen LogP contribution in [0.2, 0.25) is 0 Å². The molecule has 0 unspecified atom stereocenters. The van der Waals surface area contributed by atoms with Crippen LogP contribution in [0.5, 0.6) is 0 Å². The molecule has 2 rings (SSSR count). The maximum atomic E-state index is 12.6. The van der Waals surface area contributed by atoms with Gasteiger partial charge in [0.25, 0.3) is 0 Å². The predicted molar refractivity (Wildman–Crippen MR) is 93.1 cm³/mol. The van der Waals surface area contributed by atoms with Crippen LogP contribution >= 0.6 is 0 Å². The van der Waals surface area contributed by atoms with Crippen molar-refractivity contribution < 1.29 is 32.0 Å². The first-order valence-electron chi connectivity index (χ1n) is 8.61. The lowest BCUT2D eigenvalue weighted by atomic mass is 10.1. The van der Waals surface area contributed by atoms with E-state index in [2.05, 4.69) is 14.7 Å². The monoisotopic (exact) mass is 401 g/mol. The van der Waals surface area contributed by atoms with Crippen LogP contribution in [-0.4, -0.2) is 54.9 Å². The van der Waals surface area contributed by atoms with E-state index in [0.717, 1.165) is 5.56 Å². The van der Waals surface area contributed by atoms with Crippen LogP contribution in [0.15, 0.2) is 28.8 Å². The zero-order valence-corrected chi connectivity index (χ0v) is 15.7. The normalized spacial score (nSPS) is 11.6. The van der Waals surface area contributed by atoms with Crippen molar-refractivity contribution in [2.24, 2.45) is 0 Å². The minimum absolute atomic E-state index is 0.0221. The van der Waals surface area contributed by atoms with Crippen molar-refractivity contribution in [3.05, 3.63) is 35.7 Å². The molecular weight excluding hydrogens is 379 g/mol. The fourth-order valence-corrected chi connectivity index (χ4v) is 2.45. The largest absolute Gasteiger partial charge is 0.471 e. The average Bonchev–Trinajstić information content (AvgIpc) is 3.16. The number of halogens is 3. The molecule has 1 aromatic carbocycles. The molecule has 0 fully saturated rings. The van der Waals surface area contributed by atoms with E-state index >= 15 is 0 Å². The zero-order chi connectivity index (χ0) is 20.6. The molecule has 0 radical (unpaired) electrons. The van der Waals surface area contributed by atoms with Crippen LogP contribution in [0, 0.1) is 0 Å². The number of carbonyl (C=O) groups is 1. The Balaban J connectivity index is 2.05. The molecule has 1 amide bonds. The maximum absolute atomic E-state index is 12.6. The molecule has 1 heterocycles. The van der Waals surface area contributed by atoms with E-state index in [0.29, 0.717) is 44.7 Å². The summed E-state index contributed by atoms with van der Waals surface area (Å²) in [5, 5.41) is 3.36. The van der Waals surface area contributed by atoms with Gasteiger partial charge < -0.3 is 18.9 Å². The topological polar surface area (TPSA) is 77.7 Å². The van der Waals surface area contributed by atoms with Gasteiger partial charge in [0.2, 0.25) is 11.7 Å². The van der Waals surface area contributed by atoms with E-state index in [9.17, 15) is 18.0 Å². The number of carbonyl (C=O) groups excluding carboxylic acids is 1. The van der Waals surface area contributed by atoms with Crippen LogP contribution in [-0.2, 0) is 27.0 Å². The molecule has 0 N–H and O–H groups in total. The average molecular weight is 401 g/mol. The summed E-state index contributed by atoms with van der Waals surface area (Å²) in [7, 11) is 3.14. The number of hydrogen-bond donors (Lipinski definition) is 0. The van der Waals surface area contributed by atoms with Gasteiger partial charge in [-0.3, -0.25) is 4.79 Å². The van der Waals surface area contributed by atoms with E-state index in [1.165, 1.54) is 0 Å². The standard InChI is InChI=1S/C18H22F3N3O4/c1-26-10-3-4-15(25)24(9-11-27-2)12-13-5-7-14(8-6-13)16-22-17(28-23-16)18(19,20)21/h5-8H,3-4,9-12H2,1-2H3. The molecule has 1 aromatic heterocycles. The highest BCUT2D eigenvalue weighted by molar-refractivity contribution is 5.76. The van der Waals surface area contributed by atoms with Gasteiger partial charge in [-0.25, -0.2) is 0 Å². The molecule has 0 bridgehead atoms. The molecule has 0 aliphatic carbocycles. The van der Waals surface area contributed by atoms with Crippen molar-refractivity contribution >= 4 is 5.91 Å². The van der Waals surface area contributed by atoms with Crippen LogP contribution in [0.4, 0.5) is 13.2 Å². The summed E-state index contributed by atoms with van der Waals surface area (Å²) in [6.07, 6.45) is -3.70. The molecule has 7 nitrogen and oxygen atoms in total. The number of methoxy groups -OCH3 is 2. The molecule has 0 saturated heterocycles. The molecule has 0 saturated carbocycles. The Hall–Kier alpha value is -2.46. The Bertz CT molecular complexity index is 747. The first kappa shape index (κ1) is 21.8. The number of ether oxygens (including phenoxy) is 2. The SMILES string of the molecule is COCCCC(=O)N(CCOC)Cc1ccc(-c2noc(C(F)(F)F)n2)cc1. The van der Waals surface area contributed by atoms with Crippen molar-refractivity contribution in [2.75, 3.05) is 34.0 Å². The lowest BCUT2D eigenvalue weighted by molar-refractivity contribution is -0.159. The Kier molecular flexibility index (Phi) is 7.94. The number of nitrogens with zero attached hydrogens (tertiary/aromatic N) is 3. The Morgan fingerprint density at radius 1 is 1.14 bits per heavy atom. The Morgan fingerprint density at radius 3 is 2.39 bits per heavy atom. The summed E-state index contributed by atoms with van der Waals surface area (Å²) in [5.74, 6) is -1.56. The smallest absolute Gasteiger partial charge is 0.385 e. The lowest BCUT2D eigenvalue weighted by Crippen LogP contribution is -2.33. The zero-order valence-electron chi connectivity index (χ0n) is 15.7. The van der Waals surface area contributed by atoms with Crippen molar-refractivity contribution in [1.29, 1.82) is 0 Å². The van der Waals surface area contributed by atoms with Crippen molar-refractivity contribution in [1.82, 2.24) is 15.0 Å². The van der Waals surface area contributed by atoms with Crippen LogP contribution < -0.4 is 0 Å². The first-order valence-corrected chi connectivity index (χ1v) is 8.61. The van der Waals surface area contributed by atoms with Gasteiger partial charge in [-0.05, 0) is 12.0 Å². The molecule has 154 valence electrons. The van der Waals surface area contributed by atoms with E-state index in [-0.39, 0.29) is 11.7 Å². The summed E-state index contributed by atoms with van der Waals surface area (Å²) in [5.41, 5.74) is 1.21. The van der Waals surface area contributed by atoms with E-state index in [4.69, 9.17) is 9.47 Å².